The van der Waals surface area contributed by atoms with Crippen molar-refractivity contribution in [3.63, 3.8) is 0 Å². The molecule has 0 spiro atoms. The van der Waals surface area contributed by atoms with E-state index in [0.29, 0.717) is 19.0 Å². The molecule has 8 nitrogen and oxygen atoms in total. The minimum absolute atomic E-state index is 0.259. The fraction of sp³-hybridized carbons (Fsp3) is 0.286. The Morgan fingerprint density at radius 1 is 1.07 bits per heavy atom. The normalized spacial score (nSPS) is 16.3. The number of aromatic amines is 1. The molecule has 154 valence electrons. The van der Waals surface area contributed by atoms with E-state index in [0.717, 1.165) is 41.4 Å². The molecule has 1 fully saturated rings. The summed E-state index contributed by atoms with van der Waals surface area (Å²) in [5.41, 5.74) is 3.24. The van der Waals surface area contributed by atoms with Gasteiger partial charge in [0.05, 0.1) is 17.9 Å². The van der Waals surface area contributed by atoms with Crippen molar-refractivity contribution in [3.05, 3.63) is 61.3 Å². The molecule has 1 aliphatic heterocycles. The third kappa shape index (κ3) is 3.50. The molecule has 9 heteroatoms. The lowest BCUT2D eigenvalue weighted by molar-refractivity contribution is 0.249. The average Bonchev–Trinajstić information content (AvgIpc) is 3.45. The number of benzene rings is 1. The SMILES string of the molecule is O=S(=O)(c1cccnc1)N1CCC(Cn2ncc3cc(-c4cn[nH]c4)ccc32)CC1. The Morgan fingerprint density at radius 3 is 2.67 bits per heavy atom. The maximum absolute atomic E-state index is 12.8. The van der Waals surface area contributed by atoms with Crippen LogP contribution in [0.2, 0.25) is 0 Å². The van der Waals surface area contributed by atoms with Crippen LogP contribution < -0.4 is 0 Å². The van der Waals surface area contributed by atoms with E-state index in [-0.39, 0.29) is 4.90 Å². The number of aromatic nitrogens is 5. The molecule has 0 saturated carbocycles. The van der Waals surface area contributed by atoms with E-state index in [1.54, 1.807) is 28.8 Å². The Kier molecular flexibility index (Phi) is 4.84. The first-order valence-electron chi connectivity index (χ1n) is 9.96. The van der Waals surface area contributed by atoms with Crippen LogP contribution in [-0.4, -0.2) is 50.8 Å². The van der Waals surface area contributed by atoms with Gasteiger partial charge in [-0.05, 0) is 48.6 Å². The molecule has 5 rings (SSSR count). The summed E-state index contributed by atoms with van der Waals surface area (Å²) < 4.78 is 29.2. The van der Waals surface area contributed by atoms with Gasteiger partial charge in [0, 0.05) is 49.2 Å². The molecule has 4 heterocycles. The van der Waals surface area contributed by atoms with Crippen molar-refractivity contribution in [2.45, 2.75) is 24.3 Å². The van der Waals surface area contributed by atoms with E-state index in [1.807, 2.05) is 17.1 Å². The predicted octanol–water partition coefficient (Wildman–Crippen LogP) is 2.92. The Morgan fingerprint density at radius 2 is 1.93 bits per heavy atom. The molecule has 3 aromatic heterocycles. The number of H-pyrrole nitrogens is 1. The standard InChI is InChI=1S/C21H22N6O2S/c28-30(29,20-2-1-7-22-14-20)26-8-5-16(6-9-26)15-27-21-4-3-17(10-18(21)13-25-27)19-11-23-24-12-19/h1-4,7,10-14,16H,5-6,8-9,15H2,(H,23,24). The monoisotopic (exact) mass is 422 g/mol. The van der Waals surface area contributed by atoms with Gasteiger partial charge in [-0.25, -0.2) is 8.42 Å². The van der Waals surface area contributed by atoms with Gasteiger partial charge in [0.15, 0.2) is 0 Å². The fourth-order valence-electron chi connectivity index (χ4n) is 4.05. The molecule has 1 saturated heterocycles. The van der Waals surface area contributed by atoms with Crippen molar-refractivity contribution in [2.75, 3.05) is 13.1 Å². The number of hydrogen-bond acceptors (Lipinski definition) is 5. The van der Waals surface area contributed by atoms with Gasteiger partial charge in [-0.15, -0.1) is 0 Å². The highest BCUT2D eigenvalue weighted by Gasteiger charge is 2.29. The fourth-order valence-corrected chi connectivity index (χ4v) is 5.48. The first-order chi connectivity index (χ1) is 14.6. The second kappa shape index (κ2) is 7.66. The van der Waals surface area contributed by atoms with Crippen molar-refractivity contribution in [1.82, 2.24) is 29.3 Å². The zero-order chi connectivity index (χ0) is 20.6. The molecule has 0 atom stereocenters. The average molecular weight is 423 g/mol. The summed E-state index contributed by atoms with van der Waals surface area (Å²) in [5, 5.41) is 12.5. The van der Waals surface area contributed by atoms with Gasteiger partial charge in [0.25, 0.3) is 0 Å². The quantitative estimate of drug-likeness (QED) is 0.533. The Labute approximate surface area is 174 Å². The van der Waals surface area contributed by atoms with Crippen molar-refractivity contribution in [1.29, 1.82) is 0 Å². The van der Waals surface area contributed by atoms with E-state index >= 15 is 0 Å². The summed E-state index contributed by atoms with van der Waals surface area (Å²) in [7, 11) is -3.47. The molecule has 0 unspecified atom stereocenters. The summed E-state index contributed by atoms with van der Waals surface area (Å²) in [6, 6.07) is 9.54. The number of nitrogens with zero attached hydrogens (tertiary/aromatic N) is 5. The number of hydrogen-bond donors (Lipinski definition) is 1. The van der Waals surface area contributed by atoms with Crippen molar-refractivity contribution >= 4 is 20.9 Å². The number of pyridine rings is 1. The number of piperidine rings is 1. The third-order valence-electron chi connectivity index (χ3n) is 5.75. The zero-order valence-electron chi connectivity index (χ0n) is 16.3. The summed E-state index contributed by atoms with van der Waals surface area (Å²) >= 11 is 0. The number of fused-ring (bicyclic) bond motifs is 1. The predicted molar refractivity (Wildman–Crippen MR) is 113 cm³/mol. The highest BCUT2D eigenvalue weighted by Crippen LogP contribution is 2.27. The topological polar surface area (TPSA) is 96.8 Å². The van der Waals surface area contributed by atoms with Gasteiger partial charge in [0.1, 0.15) is 4.90 Å². The van der Waals surface area contributed by atoms with Gasteiger partial charge in [-0.2, -0.15) is 14.5 Å². The van der Waals surface area contributed by atoms with Crippen molar-refractivity contribution < 1.29 is 8.42 Å². The second-order valence-electron chi connectivity index (χ2n) is 7.62. The van der Waals surface area contributed by atoms with Gasteiger partial charge in [-0.3, -0.25) is 14.8 Å². The molecule has 1 N–H and O–H groups in total. The van der Waals surface area contributed by atoms with Crippen LogP contribution >= 0.6 is 0 Å². The van der Waals surface area contributed by atoms with Crippen LogP contribution in [0.5, 0.6) is 0 Å². The van der Waals surface area contributed by atoms with Gasteiger partial charge < -0.3 is 0 Å². The summed E-state index contributed by atoms with van der Waals surface area (Å²) in [4.78, 5) is 4.20. The second-order valence-corrected chi connectivity index (χ2v) is 9.56. The van der Waals surface area contributed by atoms with E-state index in [1.165, 1.54) is 6.20 Å². The lowest BCUT2D eigenvalue weighted by Gasteiger charge is -2.31. The largest absolute Gasteiger partial charge is 0.285 e. The first-order valence-corrected chi connectivity index (χ1v) is 11.4. The summed E-state index contributed by atoms with van der Waals surface area (Å²) in [5.74, 6) is 0.391. The van der Waals surface area contributed by atoms with E-state index in [2.05, 4.69) is 38.5 Å². The number of rotatable bonds is 5. The minimum Gasteiger partial charge on any atom is -0.285 e. The van der Waals surface area contributed by atoms with Crippen LogP contribution in [-0.2, 0) is 16.6 Å². The third-order valence-corrected chi connectivity index (χ3v) is 7.63. The van der Waals surface area contributed by atoms with Crippen molar-refractivity contribution in [2.24, 2.45) is 5.92 Å². The summed E-state index contributed by atoms with van der Waals surface area (Å²) in [6.45, 7) is 1.83. The molecule has 0 aliphatic carbocycles. The molecular formula is C21H22N6O2S. The van der Waals surface area contributed by atoms with Crippen molar-refractivity contribution in [3.8, 4) is 11.1 Å². The molecule has 0 bridgehead atoms. The minimum atomic E-state index is -3.47. The van der Waals surface area contributed by atoms with Crippen LogP contribution in [0.1, 0.15) is 12.8 Å². The lowest BCUT2D eigenvalue weighted by atomic mass is 9.98. The van der Waals surface area contributed by atoms with Gasteiger partial charge in [-0.1, -0.05) is 6.07 Å². The van der Waals surface area contributed by atoms with E-state index in [9.17, 15) is 8.42 Å². The van der Waals surface area contributed by atoms with Crippen LogP contribution in [0.3, 0.4) is 0 Å². The Hall–Kier alpha value is -3.04. The Balaban J connectivity index is 1.27. The van der Waals surface area contributed by atoms with Crippen LogP contribution in [0.15, 0.2) is 66.2 Å². The van der Waals surface area contributed by atoms with E-state index < -0.39 is 10.0 Å². The van der Waals surface area contributed by atoms with Crippen LogP contribution in [0.25, 0.3) is 22.0 Å². The molecule has 1 aliphatic rings. The molecule has 0 radical (unpaired) electrons. The maximum Gasteiger partial charge on any atom is 0.244 e. The smallest absolute Gasteiger partial charge is 0.244 e. The lowest BCUT2D eigenvalue weighted by Crippen LogP contribution is -2.39. The zero-order valence-corrected chi connectivity index (χ0v) is 17.2. The highest BCUT2D eigenvalue weighted by molar-refractivity contribution is 7.89. The first kappa shape index (κ1) is 19.0. The molecule has 30 heavy (non-hydrogen) atoms. The summed E-state index contributed by atoms with van der Waals surface area (Å²) in [6.07, 6.45) is 10.2. The molecule has 1 aromatic carbocycles. The van der Waals surface area contributed by atoms with Gasteiger partial charge in [0.2, 0.25) is 10.0 Å². The molecule has 0 amide bonds. The van der Waals surface area contributed by atoms with Crippen LogP contribution in [0.4, 0.5) is 0 Å². The molecular weight excluding hydrogens is 400 g/mol. The number of sulfonamides is 1. The molecule has 4 aromatic rings. The highest BCUT2D eigenvalue weighted by atomic mass is 32.2. The van der Waals surface area contributed by atoms with Gasteiger partial charge >= 0.3 is 0 Å². The number of nitrogens with one attached hydrogen (secondary N) is 1. The van der Waals surface area contributed by atoms with E-state index in [4.69, 9.17) is 0 Å². The van der Waals surface area contributed by atoms with Crippen LogP contribution in [0, 0.1) is 5.92 Å². The maximum atomic E-state index is 12.8. The Bertz CT molecular complexity index is 1240.